The van der Waals surface area contributed by atoms with Gasteiger partial charge in [0.2, 0.25) is 0 Å². The number of allylic oxidation sites excluding steroid dienone is 12. The second kappa shape index (κ2) is 40.4. The molecule has 0 fully saturated rings. The van der Waals surface area contributed by atoms with Crippen molar-refractivity contribution in [1.29, 1.82) is 0 Å². The van der Waals surface area contributed by atoms with Gasteiger partial charge in [-0.2, -0.15) is 0 Å². The summed E-state index contributed by atoms with van der Waals surface area (Å²) in [5, 5.41) is 10.2. The van der Waals surface area contributed by atoms with Gasteiger partial charge >= 0.3 is 19.8 Å². The van der Waals surface area contributed by atoms with Crippen LogP contribution in [0.25, 0.3) is 0 Å². The fourth-order valence-electron chi connectivity index (χ4n) is 5.21. The quantitative estimate of drug-likeness (QED) is 0.0180. The van der Waals surface area contributed by atoms with Gasteiger partial charge in [-0.3, -0.25) is 18.6 Å². The van der Waals surface area contributed by atoms with Gasteiger partial charge in [-0.25, -0.2) is 4.57 Å². The third kappa shape index (κ3) is 39.4. The number of nitrogens with two attached hydrogens (primary N) is 1. The van der Waals surface area contributed by atoms with E-state index >= 15 is 0 Å². The van der Waals surface area contributed by atoms with Crippen molar-refractivity contribution in [2.45, 2.75) is 161 Å². The average molecular weight is 806 g/mol. The van der Waals surface area contributed by atoms with Gasteiger partial charge in [-0.1, -0.05) is 150 Å². The minimum Gasteiger partial charge on any atom is -0.462 e. The fraction of sp³-hybridized carbons (Fsp3) is 0.644. The van der Waals surface area contributed by atoms with Crippen molar-refractivity contribution in [2.24, 2.45) is 5.73 Å². The van der Waals surface area contributed by atoms with Gasteiger partial charge in [-0.15, -0.1) is 0 Å². The molecule has 0 rings (SSSR count). The van der Waals surface area contributed by atoms with Crippen LogP contribution in [-0.4, -0.2) is 60.5 Å². The summed E-state index contributed by atoms with van der Waals surface area (Å²) in [7, 11) is -4.43. The van der Waals surface area contributed by atoms with E-state index in [9.17, 15) is 24.2 Å². The van der Waals surface area contributed by atoms with E-state index in [1.165, 1.54) is 38.5 Å². The van der Waals surface area contributed by atoms with E-state index in [0.29, 0.717) is 19.3 Å². The van der Waals surface area contributed by atoms with Crippen LogP contribution < -0.4 is 5.73 Å². The van der Waals surface area contributed by atoms with E-state index in [1.807, 2.05) is 18.2 Å². The number of phosphoric ester groups is 1. The molecular weight excluding hydrogens is 729 g/mol. The third-order valence-electron chi connectivity index (χ3n) is 8.36. The maximum Gasteiger partial charge on any atom is 0.472 e. The Morgan fingerprint density at radius 1 is 0.643 bits per heavy atom. The van der Waals surface area contributed by atoms with Crippen molar-refractivity contribution in [1.82, 2.24) is 0 Å². The summed E-state index contributed by atoms with van der Waals surface area (Å²) in [6, 6.07) is 0. The maximum atomic E-state index is 12.6. The second-order valence-electron chi connectivity index (χ2n) is 13.7. The van der Waals surface area contributed by atoms with Gasteiger partial charge in [0, 0.05) is 19.4 Å². The first-order chi connectivity index (χ1) is 27.2. The highest BCUT2D eigenvalue weighted by molar-refractivity contribution is 7.47. The molecule has 2 unspecified atom stereocenters. The molecule has 0 aromatic carbocycles. The molecule has 11 heteroatoms. The summed E-state index contributed by atoms with van der Waals surface area (Å²) in [4.78, 5) is 34.8. The van der Waals surface area contributed by atoms with Crippen LogP contribution in [-0.2, 0) is 32.7 Å². The van der Waals surface area contributed by atoms with Gasteiger partial charge in [0.05, 0.1) is 19.3 Å². The van der Waals surface area contributed by atoms with Crippen molar-refractivity contribution < 1.29 is 42.7 Å². The summed E-state index contributed by atoms with van der Waals surface area (Å²) in [5.41, 5.74) is 5.33. The molecule has 0 aliphatic heterocycles. The third-order valence-corrected chi connectivity index (χ3v) is 9.34. The molecule has 0 aliphatic rings. The predicted octanol–water partition coefficient (Wildman–Crippen LogP) is 11.0. The molecule has 0 aromatic heterocycles. The molecule has 0 radical (unpaired) electrons. The van der Waals surface area contributed by atoms with Crippen molar-refractivity contribution in [3.05, 3.63) is 85.1 Å². The standard InChI is InChI=1S/C45H76NO9P/c1-3-5-7-9-11-13-15-17-18-20-22-24-26-28-32-36-44(48)52-40-43(41-54-56(50,51)53-39-38-46)55-45(49)37-33-29-31-35-42(47)34-30-27-25-23-21-19-16-14-12-10-8-6-4-2/h6,8,12,14,17-19,21,25,27,29-31,34,42-43,47H,3-5,7,9-11,13,15-16,20,22-24,26,28,32-33,35-41,46H2,1-2H3,(H,50,51)/b8-6-,14-12-,18-17-,21-19-,27-25-,31-29-,34-30-/t42?,43-/m1/s1. The van der Waals surface area contributed by atoms with Crippen LogP contribution in [0, 0.1) is 0 Å². The number of esters is 2. The number of rotatable bonds is 38. The van der Waals surface area contributed by atoms with E-state index in [0.717, 1.165) is 64.2 Å². The minimum atomic E-state index is -4.43. The molecule has 0 heterocycles. The lowest BCUT2D eigenvalue weighted by Gasteiger charge is -2.19. The highest BCUT2D eigenvalue weighted by atomic mass is 31.2. The Kier molecular flexibility index (Phi) is 38.3. The second-order valence-corrected chi connectivity index (χ2v) is 15.1. The number of aliphatic hydroxyl groups is 1. The average Bonchev–Trinajstić information content (AvgIpc) is 3.18. The molecule has 0 amide bonds. The number of carbonyl (C=O) groups excluding carboxylic acids is 2. The zero-order chi connectivity index (χ0) is 41.2. The van der Waals surface area contributed by atoms with Crippen molar-refractivity contribution in [3.63, 3.8) is 0 Å². The van der Waals surface area contributed by atoms with Crippen LogP contribution in [0.4, 0.5) is 0 Å². The number of unbranched alkanes of at least 4 members (excludes halogenated alkanes) is 11. The molecule has 0 aromatic rings. The summed E-state index contributed by atoms with van der Waals surface area (Å²) in [5.74, 6) is -1.03. The highest BCUT2D eigenvalue weighted by Gasteiger charge is 2.25. The normalized spacial score (nSPS) is 14.7. The lowest BCUT2D eigenvalue weighted by molar-refractivity contribution is -0.161. The lowest BCUT2D eigenvalue weighted by Crippen LogP contribution is -2.29. The Bertz CT molecular complexity index is 1210. The molecule has 0 spiro atoms. The molecule has 3 atom stereocenters. The van der Waals surface area contributed by atoms with Crippen LogP contribution in [0.1, 0.15) is 149 Å². The van der Waals surface area contributed by atoms with Crippen LogP contribution >= 0.6 is 7.82 Å². The van der Waals surface area contributed by atoms with E-state index < -0.39 is 38.6 Å². The smallest absolute Gasteiger partial charge is 0.462 e. The predicted molar refractivity (Wildman–Crippen MR) is 230 cm³/mol. The first-order valence-corrected chi connectivity index (χ1v) is 22.7. The minimum absolute atomic E-state index is 0.0181. The van der Waals surface area contributed by atoms with Gasteiger partial charge in [-0.05, 0) is 70.6 Å². The van der Waals surface area contributed by atoms with Crippen LogP contribution in [0.3, 0.4) is 0 Å². The molecule has 0 aliphatic carbocycles. The largest absolute Gasteiger partial charge is 0.472 e. The van der Waals surface area contributed by atoms with Crippen molar-refractivity contribution in [3.8, 4) is 0 Å². The summed E-state index contributed by atoms with van der Waals surface area (Å²) in [6.45, 7) is 3.37. The highest BCUT2D eigenvalue weighted by Crippen LogP contribution is 2.43. The molecule has 0 saturated carbocycles. The molecule has 10 nitrogen and oxygen atoms in total. The van der Waals surface area contributed by atoms with Crippen LogP contribution in [0.5, 0.6) is 0 Å². The monoisotopic (exact) mass is 806 g/mol. The molecule has 56 heavy (non-hydrogen) atoms. The lowest BCUT2D eigenvalue weighted by atomic mass is 10.1. The number of ether oxygens (including phenoxy) is 2. The number of carbonyl (C=O) groups is 2. The topological polar surface area (TPSA) is 155 Å². The summed E-state index contributed by atoms with van der Waals surface area (Å²) < 4.78 is 32.6. The van der Waals surface area contributed by atoms with Gasteiger partial charge in [0.1, 0.15) is 6.61 Å². The SMILES string of the molecule is CC/C=C\C/C=C\C/C=C\C/C=C\C=C/C(O)C/C=C\CCC(=O)O[C@H](COC(=O)CCCCCCC/C=C\CCCCCCCC)COP(=O)(O)OCCN. The van der Waals surface area contributed by atoms with Gasteiger partial charge in [0.25, 0.3) is 0 Å². The van der Waals surface area contributed by atoms with E-state index in [2.05, 4.69) is 62.5 Å². The Morgan fingerprint density at radius 3 is 1.88 bits per heavy atom. The Morgan fingerprint density at radius 2 is 1.23 bits per heavy atom. The summed E-state index contributed by atoms with van der Waals surface area (Å²) >= 11 is 0. The Labute approximate surface area is 339 Å². The van der Waals surface area contributed by atoms with Crippen molar-refractivity contribution >= 4 is 19.8 Å². The van der Waals surface area contributed by atoms with Crippen LogP contribution in [0.2, 0.25) is 0 Å². The number of aliphatic hydroxyl groups excluding tert-OH is 1. The Hall–Kier alpha value is -2.85. The van der Waals surface area contributed by atoms with Gasteiger partial charge in [0.15, 0.2) is 6.10 Å². The first kappa shape index (κ1) is 53.1. The van der Waals surface area contributed by atoms with E-state index in [4.69, 9.17) is 24.3 Å². The first-order valence-electron chi connectivity index (χ1n) is 21.2. The number of phosphoric acid groups is 1. The fourth-order valence-corrected chi connectivity index (χ4v) is 5.97. The molecule has 320 valence electrons. The molecule has 4 N–H and O–H groups in total. The Balaban J connectivity index is 4.43. The zero-order valence-electron chi connectivity index (χ0n) is 34.7. The number of hydrogen-bond donors (Lipinski definition) is 3. The van der Waals surface area contributed by atoms with Crippen molar-refractivity contribution in [2.75, 3.05) is 26.4 Å². The summed E-state index contributed by atoms with van der Waals surface area (Å²) in [6.07, 6.45) is 46.5. The van der Waals surface area contributed by atoms with E-state index in [-0.39, 0.29) is 32.6 Å². The molecule has 0 saturated heterocycles. The van der Waals surface area contributed by atoms with E-state index in [1.54, 1.807) is 18.2 Å². The molecular formula is C45H76NO9P. The van der Waals surface area contributed by atoms with Crippen LogP contribution in [0.15, 0.2) is 85.1 Å². The number of hydrogen-bond acceptors (Lipinski definition) is 9. The zero-order valence-corrected chi connectivity index (χ0v) is 35.6. The van der Waals surface area contributed by atoms with Gasteiger partial charge < -0.3 is 25.2 Å². The maximum absolute atomic E-state index is 12.6. The molecule has 0 bridgehead atoms.